The molecule has 2 N–H and O–H groups in total. The molecule has 0 saturated carbocycles. The molecule has 1 aromatic rings. The Morgan fingerprint density at radius 3 is 2.71 bits per heavy atom. The minimum Gasteiger partial charge on any atom is -0.363 e. The van der Waals surface area contributed by atoms with Crippen molar-refractivity contribution in [3.8, 4) is 0 Å². The number of halogens is 1. The Bertz CT molecular complexity index is 559. The highest BCUT2D eigenvalue weighted by molar-refractivity contribution is 14.0. The molecular formula is C20H37IN6S. The molecule has 0 aromatic carbocycles. The molecule has 0 atom stereocenters. The maximum atomic E-state index is 4.85. The summed E-state index contributed by atoms with van der Waals surface area (Å²) in [4.78, 5) is 12.3. The van der Waals surface area contributed by atoms with Crippen LogP contribution in [0.1, 0.15) is 26.2 Å². The van der Waals surface area contributed by atoms with E-state index >= 15 is 0 Å². The van der Waals surface area contributed by atoms with Crippen molar-refractivity contribution in [3.63, 3.8) is 0 Å². The normalized spacial score (nSPS) is 20.5. The monoisotopic (exact) mass is 520 g/mol. The molecule has 0 unspecified atom stereocenters. The minimum atomic E-state index is 0. The van der Waals surface area contributed by atoms with Crippen molar-refractivity contribution in [2.75, 3.05) is 70.9 Å². The van der Waals surface area contributed by atoms with Crippen LogP contribution < -0.4 is 15.5 Å². The van der Waals surface area contributed by atoms with Crippen molar-refractivity contribution in [2.24, 2.45) is 4.99 Å². The van der Waals surface area contributed by atoms with Gasteiger partial charge < -0.3 is 25.3 Å². The Morgan fingerprint density at radius 2 is 2.00 bits per heavy atom. The zero-order valence-electron chi connectivity index (χ0n) is 17.4. The van der Waals surface area contributed by atoms with Crippen LogP contribution in [-0.2, 0) is 0 Å². The molecule has 3 heterocycles. The van der Waals surface area contributed by atoms with E-state index in [2.05, 4.69) is 56.8 Å². The summed E-state index contributed by atoms with van der Waals surface area (Å²) in [6, 6.07) is 4.89. The molecule has 3 rings (SSSR count). The number of nitrogens with one attached hydrogen (secondary N) is 2. The lowest BCUT2D eigenvalue weighted by Crippen LogP contribution is -2.48. The number of rotatable bonds is 6. The summed E-state index contributed by atoms with van der Waals surface area (Å²) in [7, 11) is 2.22. The van der Waals surface area contributed by atoms with E-state index in [1.165, 1.54) is 43.9 Å². The Morgan fingerprint density at radius 1 is 1.18 bits per heavy atom. The van der Waals surface area contributed by atoms with E-state index in [4.69, 9.17) is 4.99 Å². The van der Waals surface area contributed by atoms with E-state index in [-0.39, 0.29) is 24.0 Å². The SMILES string of the molecule is CCNC(=NCCN1CCCN(C)CC1)NC1CCN(c2cccs2)CC1.I. The lowest BCUT2D eigenvalue weighted by atomic mass is 10.1. The largest absolute Gasteiger partial charge is 0.363 e. The molecule has 2 saturated heterocycles. The number of anilines is 1. The van der Waals surface area contributed by atoms with Gasteiger partial charge in [0.15, 0.2) is 5.96 Å². The van der Waals surface area contributed by atoms with Gasteiger partial charge in [0.2, 0.25) is 0 Å². The van der Waals surface area contributed by atoms with Gasteiger partial charge in [0.25, 0.3) is 0 Å². The molecule has 0 spiro atoms. The van der Waals surface area contributed by atoms with Crippen LogP contribution in [0.3, 0.4) is 0 Å². The highest BCUT2D eigenvalue weighted by Crippen LogP contribution is 2.24. The third-order valence-corrected chi connectivity index (χ3v) is 6.43. The van der Waals surface area contributed by atoms with E-state index < -0.39 is 0 Å². The van der Waals surface area contributed by atoms with Gasteiger partial charge in [-0.3, -0.25) is 4.99 Å². The van der Waals surface area contributed by atoms with Crippen LogP contribution in [0.4, 0.5) is 5.00 Å². The van der Waals surface area contributed by atoms with Gasteiger partial charge in [0.05, 0.1) is 11.5 Å². The molecule has 6 nitrogen and oxygen atoms in total. The second-order valence-corrected chi connectivity index (χ2v) is 8.54. The fourth-order valence-corrected chi connectivity index (χ4v) is 4.62. The van der Waals surface area contributed by atoms with Crippen molar-refractivity contribution < 1.29 is 0 Å². The lowest BCUT2D eigenvalue weighted by molar-refractivity contribution is 0.283. The van der Waals surface area contributed by atoms with Gasteiger partial charge in [-0.25, -0.2) is 0 Å². The molecule has 0 bridgehead atoms. The summed E-state index contributed by atoms with van der Waals surface area (Å²) >= 11 is 1.84. The van der Waals surface area contributed by atoms with Crippen molar-refractivity contribution in [1.82, 2.24) is 20.4 Å². The van der Waals surface area contributed by atoms with Crippen molar-refractivity contribution >= 4 is 46.3 Å². The first kappa shape index (κ1) is 23.7. The average Bonchev–Trinajstić information content (AvgIpc) is 3.13. The summed E-state index contributed by atoms with van der Waals surface area (Å²) in [6.45, 7) is 12.0. The van der Waals surface area contributed by atoms with Crippen LogP contribution >= 0.6 is 35.3 Å². The van der Waals surface area contributed by atoms with Crippen molar-refractivity contribution in [3.05, 3.63) is 17.5 Å². The first-order valence-electron chi connectivity index (χ1n) is 10.5. The summed E-state index contributed by atoms with van der Waals surface area (Å²) in [6.07, 6.45) is 3.60. The smallest absolute Gasteiger partial charge is 0.191 e. The number of likely N-dealkylation sites (N-methyl/N-ethyl adjacent to an activating group) is 1. The number of guanidine groups is 1. The van der Waals surface area contributed by atoms with Gasteiger partial charge in [-0.1, -0.05) is 0 Å². The summed E-state index contributed by atoms with van der Waals surface area (Å²) < 4.78 is 0. The van der Waals surface area contributed by atoms with Crippen LogP contribution in [0.15, 0.2) is 22.5 Å². The molecule has 1 aromatic heterocycles. The Balaban J connectivity index is 0.00000280. The molecule has 2 aliphatic heterocycles. The van der Waals surface area contributed by atoms with Gasteiger partial charge in [-0.15, -0.1) is 35.3 Å². The molecule has 0 aliphatic carbocycles. The fraction of sp³-hybridized carbons (Fsp3) is 0.750. The summed E-state index contributed by atoms with van der Waals surface area (Å²) in [5, 5.41) is 10.7. The predicted molar refractivity (Wildman–Crippen MR) is 133 cm³/mol. The summed E-state index contributed by atoms with van der Waals surface area (Å²) in [5.41, 5.74) is 0. The van der Waals surface area contributed by atoms with Crippen LogP contribution in [0.2, 0.25) is 0 Å². The van der Waals surface area contributed by atoms with Crippen LogP contribution in [0.5, 0.6) is 0 Å². The third-order valence-electron chi connectivity index (χ3n) is 5.50. The molecule has 2 fully saturated rings. The highest BCUT2D eigenvalue weighted by Gasteiger charge is 2.20. The number of hydrogen-bond donors (Lipinski definition) is 2. The van der Waals surface area contributed by atoms with Crippen LogP contribution in [0.25, 0.3) is 0 Å². The second-order valence-electron chi connectivity index (χ2n) is 7.62. The van der Waals surface area contributed by atoms with Gasteiger partial charge in [-0.2, -0.15) is 0 Å². The number of aliphatic imine (C=N–C) groups is 1. The maximum absolute atomic E-state index is 4.85. The van der Waals surface area contributed by atoms with Crippen molar-refractivity contribution in [1.29, 1.82) is 0 Å². The standard InChI is InChI=1S/C20H36N6S.HI/c1-3-21-20(22-9-14-25-11-5-10-24(2)15-16-25)23-18-7-12-26(13-8-18)19-6-4-17-27-19;/h4,6,17-18H,3,5,7-16H2,1-2H3,(H2,21,22,23);1H. The van der Waals surface area contributed by atoms with E-state index in [0.717, 1.165) is 45.2 Å². The van der Waals surface area contributed by atoms with Crippen LogP contribution in [-0.4, -0.2) is 87.8 Å². The Labute approximate surface area is 191 Å². The van der Waals surface area contributed by atoms with E-state index in [9.17, 15) is 0 Å². The maximum Gasteiger partial charge on any atom is 0.191 e. The number of piperidine rings is 1. The van der Waals surface area contributed by atoms with Gasteiger partial charge in [0, 0.05) is 45.3 Å². The number of thiophene rings is 1. The van der Waals surface area contributed by atoms with E-state index in [1.807, 2.05) is 11.3 Å². The van der Waals surface area contributed by atoms with Gasteiger partial charge in [0.1, 0.15) is 0 Å². The second kappa shape index (κ2) is 12.9. The van der Waals surface area contributed by atoms with Gasteiger partial charge >= 0.3 is 0 Å². The Kier molecular flexibility index (Phi) is 10.9. The van der Waals surface area contributed by atoms with Crippen LogP contribution in [0, 0.1) is 0 Å². The lowest BCUT2D eigenvalue weighted by Gasteiger charge is -2.33. The third kappa shape index (κ3) is 7.68. The summed E-state index contributed by atoms with van der Waals surface area (Å²) in [5.74, 6) is 0.985. The molecule has 0 amide bonds. The van der Waals surface area contributed by atoms with Crippen molar-refractivity contribution in [2.45, 2.75) is 32.2 Å². The highest BCUT2D eigenvalue weighted by atomic mass is 127. The Hall–Kier alpha value is -0.580. The van der Waals surface area contributed by atoms with E-state index in [0.29, 0.717) is 6.04 Å². The average molecular weight is 521 g/mol. The number of hydrogen-bond acceptors (Lipinski definition) is 5. The predicted octanol–water partition coefficient (Wildman–Crippen LogP) is 2.53. The molecule has 160 valence electrons. The fourth-order valence-electron chi connectivity index (χ4n) is 3.83. The van der Waals surface area contributed by atoms with E-state index in [1.54, 1.807) is 0 Å². The van der Waals surface area contributed by atoms with Gasteiger partial charge in [-0.05, 0) is 63.8 Å². The molecule has 28 heavy (non-hydrogen) atoms. The molecular weight excluding hydrogens is 483 g/mol. The molecule has 2 aliphatic rings. The quantitative estimate of drug-likeness (QED) is 0.343. The first-order valence-corrected chi connectivity index (χ1v) is 11.4. The first-order chi connectivity index (χ1) is 13.2. The minimum absolute atomic E-state index is 0. The topological polar surface area (TPSA) is 46.1 Å². The zero-order valence-corrected chi connectivity index (χ0v) is 20.5. The zero-order chi connectivity index (χ0) is 18.9. The molecule has 8 heteroatoms. The molecule has 0 radical (unpaired) electrons. The number of nitrogens with zero attached hydrogens (tertiary/aromatic N) is 4.